The predicted molar refractivity (Wildman–Crippen MR) is 120 cm³/mol. The zero-order chi connectivity index (χ0) is 20.7. The van der Waals surface area contributed by atoms with E-state index in [9.17, 15) is 9.90 Å². The number of aromatic hydroxyl groups is 1. The molecule has 0 radical (unpaired) electrons. The minimum Gasteiger partial charge on any atom is -0.508 e. The van der Waals surface area contributed by atoms with Crippen molar-refractivity contribution >= 4 is 17.2 Å². The van der Waals surface area contributed by atoms with Crippen LogP contribution in [0.3, 0.4) is 0 Å². The molecule has 3 aromatic rings. The molecular weight excluding hydrogens is 372 g/mol. The van der Waals surface area contributed by atoms with Crippen LogP contribution in [0.2, 0.25) is 0 Å². The van der Waals surface area contributed by atoms with Gasteiger partial charge in [-0.25, -0.2) is 0 Å². The van der Waals surface area contributed by atoms with E-state index in [1.165, 1.54) is 11.1 Å². The van der Waals surface area contributed by atoms with Crippen LogP contribution < -0.4 is 10.6 Å². The largest absolute Gasteiger partial charge is 0.508 e. The first kappa shape index (κ1) is 18.5. The lowest BCUT2D eigenvalue weighted by atomic mass is 9.78. The topological polar surface area (TPSA) is 61.4 Å². The Morgan fingerprint density at radius 1 is 0.833 bits per heavy atom. The summed E-state index contributed by atoms with van der Waals surface area (Å²) in [4.78, 5) is 13.4. The molecule has 5 rings (SSSR count). The van der Waals surface area contributed by atoms with Gasteiger partial charge >= 0.3 is 0 Å². The van der Waals surface area contributed by atoms with E-state index in [1.54, 1.807) is 12.1 Å². The average molecular weight is 396 g/mol. The number of phenols is 1. The Morgan fingerprint density at radius 3 is 2.23 bits per heavy atom. The number of carbonyl (C=O) groups is 1. The Hall–Kier alpha value is -3.53. The molecule has 150 valence electrons. The third-order valence-electron chi connectivity index (χ3n) is 6.08. The molecule has 4 nitrogen and oxygen atoms in total. The summed E-state index contributed by atoms with van der Waals surface area (Å²) in [5.74, 6) is 0.539. The van der Waals surface area contributed by atoms with Crippen LogP contribution in [-0.2, 0) is 4.79 Å². The van der Waals surface area contributed by atoms with E-state index in [-0.39, 0.29) is 23.5 Å². The van der Waals surface area contributed by atoms with Crippen LogP contribution in [0.5, 0.6) is 5.75 Å². The molecule has 0 aromatic heterocycles. The maximum Gasteiger partial charge on any atom is 0.163 e. The third kappa shape index (κ3) is 3.35. The van der Waals surface area contributed by atoms with Crippen molar-refractivity contribution in [1.82, 2.24) is 0 Å². The van der Waals surface area contributed by atoms with E-state index in [2.05, 4.69) is 41.8 Å². The molecule has 0 spiro atoms. The van der Waals surface area contributed by atoms with Crippen molar-refractivity contribution in [2.45, 2.75) is 31.7 Å². The first-order valence-corrected chi connectivity index (χ1v) is 10.3. The van der Waals surface area contributed by atoms with Crippen LogP contribution in [0.1, 0.15) is 41.5 Å². The Bertz CT molecular complexity index is 1130. The quantitative estimate of drug-likeness (QED) is 0.521. The Kier molecular flexibility index (Phi) is 4.55. The Labute approximate surface area is 176 Å². The monoisotopic (exact) mass is 396 g/mol. The summed E-state index contributed by atoms with van der Waals surface area (Å²) in [6.45, 7) is 2.08. The van der Waals surface area contributed by atoms with E-state index >= 15 is 0 Å². The molecular formula is C26H24N2O2. The predicted octanol–water partition coefficient (Wildman–Crippen LogP) is 5.68. The number of phenolic OH excluding ortho intramolecular Hbond substituents is 1. The second-order valence-electron chi connectivity index (χ2n) is 8.17. The fourth-order valence-electron chi connectivity index (χ4n) is 4.48. The van der Waals surface area contributed by atoms with Crippen molar-refractivity contribution < 1.29 is 9.90 Å². The zero-order valence-electron chi connectivity index (χ0n) is 16.9. The lowest BCUT2D eigenvalue weighted by molar-refractivity contribution is -0.116. The van der Waals surface area contributed by atoms with Gasteiger partial charge in [0.25, 0.3) is 0 Å². The number of para-hydroxylation sites is 2. The molecule has 1 aliphatic heterocycles. The van der Waals surface area contributed by atoms with Gasteiger partial charge in [0.1, 0.15) is 5.75 Å². The number of carbonyl (C=O) groups excluding carboxylic acids is 1. The number of ketones is 1. The number of Topliss-reactive ketones (excluding diaryl/α,β-unsaturated/α-hetero) is 1. The highest BCUT2D eigenvalue weighted by Crippen LogP contribution is 2.44. The second kappa shape index (κ2) is 7.38. The molecule has 3 aromatic carbocycles. The molecule has 1 heterocycles. The van der Waals surface area contributed by atoms with Gasteiger partial charge < -0.3 is 15.7 Å². The summed E-state index contributed by atoms with van der Waals surface area (Å²) in [5.41, 5.74) is 7.09. The van der Waals surface area contributed by atoms with E-state index in [0.717, 1.165) is 34.6 Å². The van der Waals surface area contributed by atoms with E-state index in [1.807, 2.05) is 36.4 Å². The molecule has 0 unspecified atom stereocenters. The second-order valence-corrected chi connectivity index (χ2v) is 8.17. The fraction of sp³-hybridized carbons (Fsp3) is 0.192. The lowest BCUT2D eigenvalue weighted by Gasteiger charge is -2.30. The molecule has 0 fully saturated rings. The number of nitrogens with one attached hydrogen (secondary N) is 2. The highest BCUT2D eigenvalue weighted by molar-refractivity contribution is 6.01. The third-order valence-corrected chi connectivity index (χ3v) is 6.08. The minimum absolute atomic E-state index is 0.160. The summed E-state index contributed by atoms with van der Waals surface area (Å²) in [6.07, 6.45) is 1.28. The normalized spacial score (nSPS) is 20.5. The molecule has 0 bridgehead atoms. The van der Waals surface area contributed by atoms with Crippen LogP contribution in [0.25, 0.3) is 0 Å². The van der Waals surface area contributed by atoms with Gasteiger partial charge in [0.05, 0.1) is 17.4 Å². The zero-order valence-corrected chi connectivity index (χ0v) is 16.9. The average Bonchev–Trinajstić information content (AvgIpc) is 2.91. The number of rotatable bonds is 2. The molecule has 0 saturated carbocycles. The highest BCUT2D eigenvalue weighted by Gasteiger charge is 2.35. The summed E-state index contributed by atoms with van der Waals surface area (Å²) in [7, 11) is 0. The number of allylic oxidation sites excluding steroid dienone is 1. The van der Waals surface area contributed by atoms with Gasteiger partial charge in [0.15, 0.2) is 5.78 Å². The van der Waals surface area contributed by atoms with Gasteiger partial charge in [-0.05, 0) is 54.7 Å². The molecule has 4 heteroatoms. The molecule has 1 aliphatic carbocycles. The van der Waals surface area contributed by atoms with Gasteiger partial charge in [0.2, 0.25) is 0 Å². The van der Waals surface area contributed by atoms with Crippen LogP contribution in [-0.4, -0.2) is 10.9 Å². The maximum atomic E-state index is 13.4. The number of benzene rings is 3. The fourth-order valence-corrected chi connectivity index (χ4v) is 4.48. The van der Waals surface area contributed by atoms with Crippen molar-refractivity contribution in [2.75, 3.05) is 10.6 Å². The van der Waals surface area contributed by atoms with Gasteiger partial charge in [-0.1, -0.05) is 54.1 Å². The van der Waals surface area contributed by atoms with Gasteiger partial charge in [0, 0.05) is 17.7 Å². The van der Waals surface area contributed by atoms with Crippen LogP contribution in [0, 0.1) is 6.92 Å². The molecule has 2 atom stereocenters. The van der Waals surface area contributed by atoms with Crippen molar-refractivity contribution in [1.29, 1.82) is 0 Å². The molecule has 2 aliphatic rings. The Balaban J connectivity index is 1.60. The number of fused-ring (bicyclic) bond motifs is 1. The molecule has 0 saturated heterocycles. The van der Waals surface area contributed by atoms with E-state index in [0.29, 0.717) is 6.42 Å². The maximum absolute atomic E-state index is 13.4. The summed E-state index contributed by atoms with van der Waals surface area (Å²) in [6, 6.07) is 23.4. The van der Waals surface area contributed by atoms with Crippen LogP contribution in [0.15, 0.2) is 84.1 Å². The first-order chi connectivity index (χ1) is 14.6. The van der Waals surface area contributed by atoms with Gasteiger partial charge in [-0.3, -0.25) is 4.79 Å². The summed E-state index contributed by atoms with van der Waals surface area (Å²) >= 11 is 0. The minimum atomic E-state index is -0.261. The van der Waals surface area contributed by atoms with Gasteiger partial charge in [-0.2, -0.15) is 0 Å². The standard InChI is InChI=1S/C26H24N2O2/c1-16-6-8-17(9-7-16)19-14-23-25(24(30)15-19)26(18-10-12-20(29)13-11-18)28-22-5-3-2-4-21(22)27-23/h2-13,19,26-29H,14-15H2,1H3/t19-,26+/m0/s1. The molecule has 3 N–H and O–H groups in total. The summed E-state index contributed by atoms with van der Waals surface area (Å²) < 4.78 is 0. The highest BCUT2D eigenvalue weighted by atomic mass is 16.3. The van der Waals surface area contributed by atoms with Crippen molar-refractivity contribution in [3.05, 3.63) is 101 Å². The number of aryl methyl sites for hydroxylation is 1. The number of anilines is 2. The first-order valence-electron chi connectivity index (χ1n) is 10.3. The van der Waals surface area contributed by atoms with Crippen molar-refractivity contribution in [2.24, 2.45) is 0 Å². The summed E-state index contributed by atoms with van der Waals surface area (Å²) in [5, 5.41) is 16.8. The van der Waals surface area contributed by atoms with Crippen LogP contribution >= 0.6 is 0 Å². The lowest BCUT2D eigenvalue weighted by Crippen LogP contribution is -2.26. The smallest absolute Gasteiger partial charge is 0.163 e. The van der Waals surface area contributed by atoms with Crippen molar-refractivity contribution in [3.63, 3.8) is 0 Å². The molecule has 0 amide bonds. The number of hydrogen-bond donors (Lipinski definition) is 3. The SMILES string of the molecule is Cc1ccc([C@@H]2CC(=O)C3=C(C2)Nc2ccccc2N[C@@H]3c2ccc(O)cc2)cc1. The molecule has 30 heavy (non-hydrogen) atoms. The van der Waals surface area contributed by atoms with E-state index in [4.69, 9.17) is 0 Å². The van der Waals surface area contributed by atoms with E-state index < -0.39 is 0 Å². The number of hydrogen-bond acceptors (Lipinski definition) is 4. The van der Waals surface area contributed by atoms with Gasteiger partial charge in [-0.15, -0.1) is 0 Å². The Morgan fingerprint density at radius 2 is 1.50 bits per heavy atom. The van der Waals surface area contributed by atoms with Crippen LogP contribution in [0.4, 0.5) is 11.4 Å². The van der Waals surface area contributed by atoms with Crippen molar-refractivity contribution in [3.8, 4) is 5.75 Å².